The summed E-state index contributed by atoms with van der Waals surface area (Å²) in [7, 11) is 3.52. The third kappa shape index (κ3) is 6.56. The molecule has 0 aliphatic carbocycles. The van der Waals surface area contributed by atoms with E-state index < -0.39 is 0 Å². The number of likely N-dealkylation sites (N-methyl/N-ethyl adjacent to an activating group) is 2. The van der Waals surface area contributed by atoms with Crippen LogP contribution >= 0.6 is 0 Å². The SMILES string of the molecule is CCC(=O)CCCN(CC)CC(=O)N(C)C. The van der Waals surface area contributed by atoms with Crippen molar-refractivity contribution in [2.75, 3.05) is 33.7 Å². The Morgan fingerprint density at radius 1 is 1.12 bits per heavy atom. The van der Waals surface area contributed by atoms with E-state index in [9.17, 15) is 9.59 Å². The van der Waals surface area contributed by atoms with Crippen molar-refractivity contribution in [2.24, 2.45) is 0 Å². The molecule has 0 unspecified atom stereocenters. The maximum absolute atomic E-state index is 11.5. The predicted molar refractivity (Wildman–Crippen MR) is 65.3 cm³/mol. The van der Waals surface area contributed by atoms with E-state index in [2.05, 4.69) is 4.90 Å². The highest BCUT2D eigenvalue weighted by molar-refractivity contribution is 5.78. The minimum Gasteiger partial charge on any atom is -0.348 e. The summed E-state index contributed by atoms with van der Waals surface area (Å²) in [6, 6.07) is 0. The maximum atomic E-state index is 11.5. The maximum Gasteiger partial charge on any atom is 0.236 e. The highest BCUT2D eigenvalue weighted by Crippen LogP contribution is 1.99. The molecule has 0 saturated heterocycles. The summed E-state index contributed by atoms with van der Waals surface area (Å²) in [5, 5.41) is 0. The van der Waals surface area contributed by atoms with Crippen molar-refractivity contribution in [1.82, 2.24) is 9.80 Å². The first-order chi connectivity index (χ1) is 7.51. The molecule has 1 amide bonds. The van der Waals surface area contributed by atoms with Gasteiger partial charge in [-0.05, 0) is 19.5 Å². The molecule has 0 atom stereocenters. The Morgan fingerprint density at radius 3 is 2.19 bits per heavy atom. The average Bonchev–Trinajstić information content (AvgIpc) is 2.26. The van der Waals surface area contributed by atoms with Gasteiger partial charge in [0.1, 0.15) is 5.78 Å². The quantitative estimate of drug-likeness (QED) is 0.626. The van der Waals surface area contributed by atoms with E-state index >= 15 is 0 Å². The molecule has 0 saturated carbocycles. The zero-order valence-electron chi connectivity index (χ0n) is 11.0. The molecule has 0 aromatic heterocycles. The molecule has 0 fully saturated rings. The highest BCUT2D eigenvalue weighted by Gasteiger charge is 2.10. The van der Waals surface area contributed by atoms with Crippen LogP contribution in [-0.2, 0) is 9.59 Å². The molecule has 0 aliphatic heterocycles. The third-order valence-corrected chi connectivity index (χ3v) is 2.63. The Bertz CT molecular complexity index is 227. The van der Waals surface area contributed by atoms with E-state index in [0.717, 1.165) is 19.5 Å². The molecule has 0 heterocycles. The van der Waals surface area contributed by atoms with Gasteiger partial charge in [0.15, 0.2) is 0 Å². The molecule has 0 N–H and O–H groups in total. The molecule has 0 aliphatic rings. The van der Waals surface area contributed by atoms with Crippen molar-refractivity contribution < 1.29 is 9.59 Å². The van der Waals surface area contributed by atoms with Gasteiger partial charge >= 0.3 is 0 Å². The van der Waals surface area contributed by atoms with E-state index in [4.69, 9.17) is 0 Å². The lowest BCUT2D eigenvalue weighted by Crippen LogP contribution is -2.37. The van der Waals surface area contributed by atoms with Crippen molar-refractivity contribution in [2.45, 2.75) is 33.1 Å². The zero-order valence-corrected chi connectivity index (χ0v) is 11.0. The van der Waals surface area contributed by atoms with Crippen LogP contribution in [-0.4, -0.2) is 55.2 Å². The highest BCUT2D eigenvalue weighted by atomic mass is 16.2. The molecular formula is C12H24N2O2. The molecule has 0 spiro atoms. The molecule has 0 rings (SSSR count). The number of nitrogens with zero attached hydrogens (tertiary/aromatic N) is 2. The van der Waals surface area contributed by atoms with Crippen LogP contribution in [0.2, 0.25) is 0 Å². The molecule has 0 aromatic carbocycles. The average molecular weight is 228 g/mol. The third-order valence-electron chi connectivity index (χ3n) is 2.63. The lowest BCUT2D eigenvalue weighted by molar-refractivity contribution is -0.129. The molecule has 0 bridgehead atoms. The van der Waals surface area contributed by atoms with E-state index in [1.807, 2.05) is 13.8 Å². The second-order valence-corrected chi connectivity index (χ2v) is 4.15. The van der Waals surface area contributed by atoms with E-state index in [0.29, 0.717) is 25.2 Å². The summed E-state index contributed by atoms with van der Waals surface area (Å²) < 4.78 is 0. The zero-order chi connectivity index (χ0) is 12.6. The minimum absolute atomic E-state index is 0.115. The molecule has 16 heavy (non-hydrogen) atoms. The van der Waals surface area contributed by atoms with Gasteiger partial charge in [-0.3, -0.25) is 14.5 Å². The number of hydrogen-bond donors (Lipinski definition) is 0. The minimum atomic E-state index is 0.115. The number of carbonyl (C=O) groups excluding carboxylic acids is 2. The van der Waals surface area contributed by atoms with Crippen LogP contribution in [0, 0.1) is 0 Å². The number of ketones is 1. The van der Waals surface area contributed by atoms with E-state index in [-0.39, 0.29) is 5.91 Å². The normalized spacial score (nSPS) is 10.6. The van der Waals surface area contributed by atoms with Gasteiger partial charge in [-0.15, -0.1) is 0 Å². The molecular weight excluding hydrogens is 204 g/mol. The molecule has 0 aromatic rings. The smallest absolute Gasteiger partial charge is 0.236 e. The summed E-state index contributed by atoms with van der Waals surface area (Å²) in [6.07, 6.45) is 2.09. The molecule has 0 radical (unpaired) electrons. The van der Waals surface area contributed by atoms with Crippen molar-refractivity contribution in [1.29, 1.82) is 0 Å². The molecule has 94 valence electrons. The van der Waals surface area contributed by atoms with E-state index in [1.54, 1.807) is 19.0 Å². The van der Waals surface area contributed by atoms with Crippen molar-refractivity contribution >= 4 is 11.7 Å². The first kappa shape index (κ1) is 15.1. The second kappa shape index (κ2) is 8.28. The lowest BCUT2D eigenvalue weighted by atomic mass is 10.2. The van der Waals surface area contributed by atoms with Crippen LogP contribution in [0.5, 0.6) is 0 Å². The standard InChI is InChI=1S/C12H24N2O2/c1-5-11(15)8-7-9-14(6-2)10-12(16)13(3)4/h5-10H2,1-4H3. The van der Waals surface area contributed by atoms with Gasteiger partial charge in [0, 0.05) is 26.9 Å². The molecule has 4 nitrogen and oxygen atoms in total. The van der Waals surface area contributed by atoms with Gasteiger partial charge in [0.2, 0.25) is 5.91 Å². The molecule has 4 heteroatoms. The number of rotatable bonds is 8. The van der Waals surface area contributed by atoms with Gasteiger partial charge in [-0.25, -0.2) is 0 Å². The summed E-state index contributed by atoms with van der Waals surface area (Å²) >= 11 is 0. The predicted octanol–water partition coefficient (Wildman–Crippen LogP) is 1.16. The summed E-state index contributed by atoms with van der Waals surface area (Å²) in [6.45, 7) is 6.03. The summed E-state index contributed by atoms with van der Waals surface area (Å²) in [5.41, 5.74) is 0. The van der Waals surface area contributed by atoms with Crippen LogP contribution < -0.4 is 0 Å². The fourth-order valence-corrected chi connectivity index (χ4v) is 1.36. The fourth-order valence-electron chi connectivity index (χ4n) is 1.36. The Kier molecular flexibility index (Phi) is 7.81. The summed E-state index contributed by atoms with van der Waals surface area (Å²) in [4.78, 5) is 26.3. The Labute approximate surface area is 98.6 Å². The van der Waals surface area contributed by atoms with Gasteiger partial charge in [0.05, 0.1) is 6.54 Å². The first-order valence-electron chi connectivity index (χ1n) is 5.95. The Balaban J connectivity index is 3.83. The van der Waals surface area contributed by atoms with Gasteiger partial charge in [-0.2, -0.15) is 0 Å². The number of carbonyl (C=O) groups is 2. The topological polar surface area (TPSA) is 40.6 Å². The van der Waals surface area contributed by atoms with E-state index in [1.165, 1.54) is 0 Å². The van der Waals surface area contributed by atoms with Gasteiger partial charge in [-0.1, -0.05) is 13.8 Å². The van der Waals surface area contributed by atoms with Gasteiger partial charge < -0.3 is 4.90 Å². The number of amides is 1. The van der Waals surface area contributed by atoms with Crippen molar-refractivity contribution in [3.05, 3.63) is 0 Å². The van der Waals surface area contributed by atoms with Crippen LogP contribution in [0.15, 0.2) is 0 Å². The monoisotopic (exact) mass is 228 g/mol. The second-order valence-electron chi connectivity index (χ2n) is 4.15. The summed E-state index contributed by atoms with van der Waals surface area (Å²) in [5.74, 6) is 0.415. The van der Waals surface area contributed by atoms with Crippen molar-refractivity contribution in [3.8, 4) is 0 Å². The van der Waals surface area contributed by atoms with Crippen molar-refractivity contribution in [3.63, 3.8) is 0 Å². The van der Waals surface area contributed by atoms with Crippen LogP contribution in [0.3, 0.4) is 0 Å². The van der Waals surface area contributed by atoms with Crippen LogP contribution in [0.25, 0.3) is 0 Å². The Hall–Kier alpha value is -0.900. The largest absolute Gasteiger partial charge is 0.348 e. The van der Waals surface area contributed by atoms with Crippen LogP contribution in [0.4, 0.5) is 0 Å². The number of hydrogen-bond acceptors (Lipinski definition) is 3. The number of Topliss-reactive ketones (excluding diaryl/α,β-unsaturated/α-hetero) is 1. The lowest BCUT2D eigenvalue weighted by Gasteiger charge is -2.21. The van der Waals surface area contributed by atoms with Crippen LogP contribution in [0.1, 0.15) is 33.1 Å². The van der Waals surface area contributed by atoms with Gasteiger partial charge in [0.25, 0.3) is 0 Å². The Morgan fingerprint density at radius 2 is 1.75 bits per heavy atom. The fraction of sp³-hybridized carbons (Fsp3) is 0.833. The first-order valence-corrected chi connectivity index (χ1v) is 5.95.